The van der Waals surface area contributed by atoms with E-state index in [1.54, 1.807) is 11.8 Å². The van der Waals surface area contributed by atoms with Crippen LogP contribution in [0.3, 0.4) is 0 Å². The van der Waals surface area contributed by atoms with E-state index < -0.39 is 0 Å². The highest BCUT2D eigenvalue weighted by atomic mass is 32.2. The Balaban J connectivity index is 1.71. The smallest absolute Gasteiger partial charge is 0.172 e. The van der Waals surface area contributed by atoms with Crippen molar-refractivity contribution in [2.24, 2.45) is 0 Å². The van der Waals surface area contributed by atoms with Crippen molar-refractivity contribution in [3.05, 3.63) is 58.9 Å². The normalized spacial score (nSPS) is 20.6. The minimum atomic E-state index is 0.929. The Morgan fingerprint density at radius 2 is 2.21 bits per heavy atom. The van der Waals surface area contributed by atoms with Gasteiger partial charge in [0.2, 0.25) is 0 Å². The first-order valence-electron chi connectivity index (χ1n) is 6.34. The van der Waals surface area contributed by atoms with Gasteiger partial charge in [0.1, 0.15) is 0 Å². The van der Waals surface area contributed by atoms with Gasteiger partial charge in [0.05, 0.1) is 6.54 Å². The lowest BCUT2D eigenvalue weighted by Crippen LogP contribution is -2.02. The Hall–Kier alpha value is -1.94. The number of nitrogens with one attached hydrogen (secondary N) is 1. The molecule has 1 aromatic carbocycles. The summed E-state index contributed by atoms with van der Waals surface area (Å²) in [5.74, 6) is 0. The molecule has 2 aliphatic rings. The summed E-state index contributed by atoms with van der Waals surface area (Å²) in [5.41, 5.74) is 3.72. The molecule has 3 heterocycles. The van der Waals surface area contributed by atoms with Gasteiger partial charge < -0.3 is 9.88 Å². The molecule has 0 saturated carbocycles. The molecular weight excluding hydrogens is 254 g/mol. The molecule has 0 spiro atoms. The summed E-state index contributed by atoms with van der Waals surface area (Å²) in [7, 11) is 0. The number of imidazole rings is 1. The molecular formula is C15H13N3S. The van der Waals surface area contributed by atoms with E-state index in [4.69, 9.17) is 0 Å². The van der Waals surface area contributed by atoms with Gasteiger partial charge in [-0.25, -0.2) is 4.98 Å². The van der Waals surface area contributed by atoms with Crippen LogP contribution in [0.15, 0.2) is 58.5 Å². The Morgan fingerprint density at radius 1 is 1.26 bits per heavy atom. The molecule has 0 bridgehead atoms. The Bertz CT molecular complexity index is 674. The molecule has 1 aromatic heterocycles. The van der Waals surface area contributed by atoms with Crippen LogP contribution in [0, 0.1) is 0 Å². The van der Waals surface area contributed by atoms with Crippen molar-refractivity contribution in [2.45, 2.75) is 18.1 Å². The number of para-hydroxylation sites is 1. The van der Waals surface area contributed by atoms with E-state index in [0.717, 1.165) is 18.1 Å². The lowest BCUT2D eigenvalue weighted by atomic mass is 10.2. The molecule has 0 saturated heterocycles. The van der Waals surface area contributed by atoms with Gasteiger partial charge in [-0.1, -0.05) is 42.1 Å². The third-order valence-corrected chi connectivity index (χ3v) is 4.55. The number of allylic oxidation sites excluding steroid dienone is 2. The van der Waals surface area contributed by atoms with Crippen LogP contribution < -0.4 is 5.32 Å². The standard InChI is InChI=1S/C15H13N3S/c1-2-6-12-11(4-1)5-3-7-13(17-12)14-10-18-9-8-16-15(18)19-14/h1-6,8-9,17H,7,10H2/b14-13-. The average Bonchev–Trinajstić information content (AvgIpc) is 2.94. The van der Waals surface area contributed by atoms with E-state index >= 15 is 0 Å². The highest BCUT2D eigenvalue weighted by Gasteiger charge is 2.20. The molecule has 19 heavy (non-hydrogen) atoms. The summed E-state index contributed by atoms with van der Waals surface area (Å²) in [6, 6.07) is 8.41. The molecule has 0 atom stereocenters. The van der Waals surface area contributed by atoms with E-state index in [-0.39, 0.29) is 0 Å². The highest BCUT2D eigenvalue weighted by molar-refractivity contribution is 8.03. The van der Waals surface area contributed by atoms with Crippen molar-refractivity contribution >= 4 is 23.5 Å². The van der Waals surface area contributed by atoms with Crippen LogP contribution in [-0.4, -0.2) is 9.55 Å². The van der Waals surface area contributed by atoms with Crippen molar-refractivity contribution in [3.8, 4) is 0 Å². The minimum Gasteiger partial charge on any atom is -0.357 e. The van der Waals surface area contributed by atoms with Crippen LogP contribution in [0.5, 0.6) is 0 Å². The Labute approximate surface area is 116 Å². The van der Waals surface area contributed by atoms with Crippen LogP contribution in [0.25, 0.3) is 6.08 Å². The number of anilines is 1. The second-order valence-corrected chi connectivity index (χ2v) is 5.72. The van der Waals surface area contributed by atoms with Gasteiger partial charge in [0.15, 0.2) is 5.16 Å². The van der Waals surface area contributed by atoms with Crippen LogP contribution in [0.4, 0.5) is 5.69 Å². The maximum absolute atomic E-state index is 4.36. The number of hydrogen-bond acceptors (Lipinski definition) is 3. The number of benzene rings is 1. The van der Waals surface area contributed by atoms with Crippen molar-refractivity contribution in [1.29, 1.82) is 0 Å². The van der Waals surface area contributed by atoms with Gasteiger partial charge in [0.25, 0.3) is 0 Å². The fraction of sp³-hybridized carbons (Fsp3) is 0.133. The minimum absolute atomic E-state index is 0.929. The van der Waals surface area contributed by atoms with Crippen molar-refractivity contribution in [2.75, 3.05) is 5.32 Å². The molecule has 0 unspecified atom stereocenters. The van der Waals surface area contributed by atoms with Gasteiger partial charge in [-0.05, 0) is 11.6 Å². The van der Waals surface area contributed by atoms with Crippen LogP contribution >= 0.6 is 11.8 Å². The second kappa shape index (κ2) is 4.31. The summed E-state index contributed by atoms with van der Waals surface area (Å²) < 4.78 is 2.19. The molecule has 94 valence electrons. The van der Waals surface area contributed by atoms with Gasteiger partial charge in [-0.15, -0.1) is 0 Å². The zero-order valence-corrected chi connectivity index (χ0v) is 11.2. The molecule has 0 radical (unpaired) electrons. The van der Waals surface area contributed by atoms with Crippen LogP contribution in [-0.2, 0) is 6.54 Å². The number of fused-ring (bicyclic) bond motifs is 2. The second-order valence-electron chi connectivity index (χ2n) is 4.66. The van der Waals surface area contributed by atoms with Crippen molar-refractivity contribution < 1.29 is 0 Å². The molecule has 2 aromatic rings. The van der Waals surface area contributed by atoms with E-state index in [2.05, 4.69) is 51.3 Å². The van der Waals surface area contributed by atoms with Crippen molar-refractivity contribution in [1.82, 2.24) is 9.55 Å². The summed E-state index contributed by atoms with van der Waals surface area (Å²) in [5, 5.41) is 4.67. The predicted molar refractivity (Wildman–Crippen MR) is 78.8 cm³/mol. The van der Waals surface area contributed by atoms with Gasteiger partial charge in [-0.2, -0.15) is 0 Å². The largest absolute Gasteiger partial charge is 0.357 e. The molecule has 4 rings (SSSR count). The number of nitrogens with zero attached hydrogens (tertiary/aromatic N) is 2. The number of thioether (sulfide) groups is 1. The highest BCUT2D eigenvalue weighted by Crippen LogP contribution is 2.38. The fourth-order valence-electron chi connectivity index (χ4n) is 2.43. The predicted octanol–water partition coefficient (Wildman–Crippen LogP) is 3.73. The number of aromatic nitrogens is 2. The zero-order chi connectivity index (χ0) is 12.7. The first kappa shape index (κ1) is 10.9. The molecule has 4 heteroatoms. The molecule has 0 aliphatic carbocycles. The SMILES string of the molecule is C1=Cc2ccccc2N/C(=C2/Cn3ccnc3S2)C1. The lowest BCUT2D eigenvalue weighted by molar-refractivity contribution is 0.740. The Kier molecular flexibility index (Phi) is 2.48. The number of hydrogen-bond donors (Lipinski definition) is 1. The molecule has 0 amide bonds. The lowest BCUT2D eigenvalue weighted by Gasteiger charge is -2.12. The molecule has 2 aliphatic heterocycles. The third kappa shape index (κ3) is 1.88. The van der Waals surface area contributed by atoms with Gasteiger partial charge in [-0.3, -0.25) is 0 Å². The topological polar surface area (TPSA) is 29.9 Å². The van der Waals surface area contributed by atoms with E-state index in [9.17, 15) is 0 Å². The zero-order valence-electron chi connectivity index (χ0n) is 10.3. The van der Waals surface area contributed by atoms with E-state index in [1.807, 2.05) is 12.4 Å². The van der Waals surface area contributed by atoms with Crippen molar-refractivity contribution in [3.63, 3.8) is 0 Å². The maximum Gasteiger partial charge on any atom is 0.172 e. The summed E-state index contributed by atoms with van der Waals surface area (Å²) in [4.78, 5) is 5.72. The summed E-state index contributed by atoms with van der Waals surface area (Å²) in [6.45, 7) is 0.929. The summed E-state index contributed by atoms with van der Waals surface area (Å²) >= 11 is 1.77. The quantitative estimate of drug-likeness (QED) is 0.788. The van der Waals surface area contributed by atoms with Crippen LogP contribution in [0.2, 0.25) is 0 Å². The first-order valence-corrected chi connectivity index (χ1v) is 7.15. The molecule has 3 nitrogen and oxygen atoms in total. The average molecular weight is 267 g/mol. The van der Waals surface area contributed by atoms with Gasteiger partial charge >= 0.3 is 0 Å². The third-order valence-electron chi connectivity index (χ3n) is 3.41. The fourth-order valence-corrected chi connectivity index (χ4v) is 3.47. The van der Waals surface area contributed by atoms with Crippen LogP contribution in [0.1, 0.15) is 12.0 Å². The monoisotopic (exact) mass is 267 g/mol. The first-order chi connectivity index (χ1) is 9.40. The summed E-state index contributed by atoms with van der Waals surface area (Å²) in [6.07, 6.45) is 9.26. The Morgan fingerprint density at radius 3 is 3.16 bits per heavy atom. The number of rotatable bonds is 0. The van der Waals surface area contributed by atoms with E-state index in [0.29, 0.717) is 0 Å². The maximum atomic E-state index is 4.36. The molecule has 0 fully saturated rings. The molecule has 1 N–H and O–H groups in total. The van der Waals surface area contributed by atoms with Gasteiger partial charge in [0, 0.05) is 35.1 Å². The van der Waals surface area contributed by atoms with E-state index in [1.165, 1.54) is 21.9 Å².